The van der Waals surface area contributed by atoms with Crippen molar-refractivity contribution < 1.29 is 19.8 Å². The van der Waals surface area contributed by atoms with E-state index in [0.717, 1.165) is 36.1 Å². The lowest BCUT2D eigenvalue weighted by Gasteiger charge is -2.22. The van der Waals surface area contributed by atoms with Gasteiger partial charge in [0, 0.05) is 18.2 Å². The Hall–Kier alpha value is -2.67. The second-order valence-electron chi connectivity index (χ2n) is 6.96. The monoisotopic (exact) mass is 382 g/mol. The first kappa shape index (κ1) is 20.1. The lowest BCUT2D eigenvalue weighted by Crippen LogP contribution is -2.36. The highest BCUT2D eigenvalue weighted by Crippen LogP contribution is 2.32. The molecule has 2 unspecified atom stereocenters. The maximum atomic E-state index is 11.1. The molecule has 0 bridgehead atoms. The number of fused-ring (bicyclic) bond motifs is 1. The van der Waals surface area contributed by atoms with Gasteiger partial charge < -0.3 is 15.2 Å². The van der Waals surface area contributed by atoms with E-state index in [-0.39, 0.29) is 18.7 Å². The van der Waals surface area contributed by atoms with Crippen molar-refractivity contribution >= 4 is 12.0 Å². The largest absolute Gasteiger partial charge is 0.497 e. The van der Waals surface area contributed by atoms with Gasteiger partial charge in [0.25, 0.3) is 5.91 Å². The first-order valence-electron chi connectivity index (χ1n) is 9.37. The number of aryl methyl sites for hydroxylation is 1. The van der Waals surface area contributed by atoms with Gasteiger partial charge in [0.1, 0.15) is 5.75 Å². The van der Waals surface area contributed by atoms with Crippen LogP contribution in [0.5, 0.6) is 5.75 Å². The van der Waals surface area contributed by atoms with Gasteiger partial charge in [-0.1, -0.05) is 30.3 Å². The highest BCUT2D eigenvalue weighted by molar-refractivity contribution is 5.90. The molecule has 0 fully saturated rings. The number of methoxy groups -OCH3 is 1. The third-order valence-electron chi connectivity index (χ3n) is 5.08. The van der Waals surface area contributed by atoms with Gasteiger partial charge in [-0.15, -0.1) is 0 Å². The van der Waals surface area contributed by atoms with E-state index in [9.17, 15) is 9.90 Å². The minimum absolute atomic E-state index is 0.0304. The average Bonchev–Trinajstić information content (AvgIpc) is 3.13. The van der Waals surface area contributed by atoms with Gasteiger partial charge in [-0.2, -0.15) is 0 Å². The summed E-state index contributed by atoms with van der Waals surface area (Å²) in [5.74, 6) is 0.271. The molecule has 1 aliphatic rings. The summed E-state index contributed by atoms with van der Waals surface area (Å²) in [6.07, 6.45) is 5.62. The first-order chi connectivity index (χ1) is 13.6. The minimum atomic E-state index is -0.552. The molecule has 2 aromatic carbocycles. The fraction of sp³-hybridized carbons (Fsp3) is 0.318. The molecule has 1 aliphatic carbocycles. The third kappa shape index (κ3) is 4.98. The van der Waals surface area contributed by atoms with Gasteiger partial charge in [-0.25, -0.2) is 5.48 Å². The summed E-state index contributed by atoms with van der Waals surface area (Å²) in [6, 6.07) is 14.2. The third-order valence-corrected chi connectivity index (χ3v) is 5.08. The fourth-order valence-corrected chi connectivity index (χ4v) is 3.63. The summed E-state index contributed by atoms with van der Waals surface area (Å²) in [7, 11) is 1.65. The molecule has 0 saturated heterocycles. The summed E-state index contributed by atoms with van der Waals surface area (Å²) >= 11 is 0. The van der Waals surface area contributed by atoms with Gasteiger partial charge >= 0.3 is 0 Å². The van der Waals surface area contributed by atoms with Crippen molar-refractivity contribution in [3.05, 3.63) is 70.8 Å². The highest BCUT2D eigenvalue weighted by atomic mass is 16.5. The Labute approximate surface area is 164 Å². The first-order valence-corrected chi connectivity index (χ1v) is 9.37. The molecule has 2 atom stereocenters. The van der Waals surface area contributed by atoms with Crippen molar-refractivity contribution in [3.63, 3.8) is 0 Å². The second kappa shape index (κ2) is 9.50. The van der Waals surface area contributed by atoms with Crippen molar-refractivity contribution in [2.45, 2.75) is 31.3 Å². The van der Waals surface area contributed by atoms with Crippen LogP contribution < -0.4 is 15.5 Å². The molecule has 4 N–H and O–H groups in total. The Morgan fingerprint density at radius 2 is 2.07 bits per heavy atom. The highest BCUT2D eigenvalue weighted by Gasteiger charge is 2.24. The minimum Gasteiger partial charge on any atom is -0.497 e. The number of carbonyl (C=O) groups excluding carboxylic acids is 1. The summed E-state index contributed by atoms with van der Waals surface area (Å²) < 4.78 is 5.19. The summed E-state index contributed by atoms with van der Waals surface area (Å²) in [5, 5.41) is 22.0. The second-order valence-corrected chi connectivity index (χ2v) is 6.96. The molecule has 0 radical (unpaired) electrons. The lowest BCUT2D eigenvalue weighted by atomic mass is 10.0. The molecule has 6 nitrogen and oxygen atoms in total. The predicted molar refractivity (Wildman–Crippen MR) is 107 cm³/mol. The van der Waals surface area contributed by atoms with Crippen LogP contribution in [0.4, 0.5) is 0 Å². The molecule has 148 valence electrons. The zero-order chi connectivity index (χ0) is 19.9. The van der Waals surface area contributed by atoms with Crippen molar-refractivity contribution in [3.8, 4) is 5.75 Å². The van der Waals surface area contributed by atoms with E-state index in [1.165, 1.54) is 17.2 Å². The van der Waals surface area contributed by atoms with Gasteiger partial charge in [-0.05, 0) is 59.7 Å². The lowest BCUT2D eigenvalue weighted by molar-refractivity contribution is -0.124. The van der Waals surface area contributed by atoms with Crippen molar-refractivity contribution in [1.82, 2.24) is 10.8 Å². The topological polar surface area (TPSA) is 90.8 Å². The van der Waals surface area contributed by atoms with Crippen LogP contribution in [0.1, 0.15) is 34.7 Å². The molecule has 1 amide bonds. The number of rotatable bonds is 8. The summed E-state index contributed by atoms with van der Waals surface area (Å²) in [5.41, 5.74) is 6.12. The molecule has 0 aliphatic heterocycles. The molecule has 0 spiro atoms. The zero-order valence-corrected chi connectivity index (χ0v) is 15.9. The molecule has 3 rings (SSSR count). The van der Waals surface area contributed by atoms with Gasteiger partial charge in [0.05, 0.1) is 13.7 Å². The molecule has 2 aromatic rings. The molecule has 0 heterocycles. The van der Waals surface area contributed by atoms with Crippen molar-refractivity contribution in [1.29, 1.82) is 0 Å². The van der Waals surface area contributed by atoms with Crippen LogP contribution in [-0.4, -0.2) is 36.0 Å². The standard InChI is InChI=1S/C22H26N2O4/c1-28-19-7-2-16(3-8-19)13-18(14-25)23-21-10-6-17-12-15(4-9-20(17)21)5-11-22(26)24-27/h2-5,7-9,11-12,18,21,23,25,27H,6,10,13-14H2,1H3,(H,24,26)/b11-5+. The van der Waals surface area contributed by atoms with E-state index in [1.807, 2.05) is 30.3 Å². The van der Waals surface area contributed by atoms with E-state index in [4.69, 9.17) is 9.94 Å². The van der Waals surface area contributed by atoms with Crippen molar-refractivity contribution in [2.24, 2.45) is 0 Å². The normalized spacial score (nSPS) is 16.8. The molecule has 6 heteroatoms. The van der Waals surface area contributed by atoms with E-state index in [1.54, 1.807) is 18.7 Å². The van der Waals surface area contributed by atoms with E-state index >= 15 is 0 Å². The Kier molecular flexibility index (Phi) is 6.81. The Bertz CT molecular complexity index is 833. The van der Waals surface area contributed by atoms with Crippen LogP contribution in [0, 0.1) is 0 Å². The van der Waals surface area contributed by atoms with Crippen LogP contribution in [-0.2, 0) is 17.6 Å². The molecular weight excluding hydrogens is 356 g/mol. The van der Waals surface area contributed by atoms with Gasteiger partial charge in [0.15, 0.2) is 0 Å². The average molecular weight is 382 g/mol. The molecular formula is C22H26N2O4. The molecule has 0 saturated carbocycles. The van der Waals surface area contributed by atoms with E-state index < -0.39 is 5.91 Å². The number of carbonyl (C=O) groups is 1. The number of ether oxygens (including phenoxy) is 1. The quantitative estimate of drug-likeness (QED) is 0.320. The summed E-state index contributed by atoms with van der Waals surface area (Å²) in [4.78, 5) is 11.1. The van der Waals surface area contributed by atoms with Gasteiger partial charge in [0.2, 0.25) is 0 Å². The number of hydrogen-bond donors (Lipinski definition) is 4. The molecule has 0 aromatic heterocycles. The number of hydrogen-bond acceptors (Lipinski definition) is 5. The maximum absolute atomic E-state index is 11.1. The van der Waals surface area contributed by atoms with Crippen LogP contribution >= 0.6 is 0 Å². The Balaban J connectivity index is 1.65. The van der Waals surface area contributed by atoms with E-state index in [0.29, 0.717) is 0 Å². The number of benzene rings is 2. The zero-order valence-electron chi connectivity index (χ0n) is 15.9. The fourth-order valence-electron chi connectivity index (χ4n) is 3.63. The van der Waals surface area contributed by atoms with Crippen LogP contribution in [0.3, 0.4) is 0 Å². The maximum Gasteiger partial charge on any atom is 0.267 e. The number of hydroxylamine groups is 1. The number of aliphatic hydroxyl groups is 1. The van der Waals surface area contributed by atoms with Crippen molar-refractivity contribution in [2.75, 3.05) is 13.7 Å². The van der Waals surface area contributed by atoms with E-state index in [2.05, 4.69) is 17.4 Å². The van der Waals surface area contributed by atoms with Crippen LogP contribution in [0.25, 0.3) is 6.08 Å². The number of amides is 1. The van der Waals surface area contributed by atoms with Gasteiger partial charge in [-0.3, -0.25) is 10.0 Å². The number of nitrogens with one attached hydrogen (secondary N) is 2. The summed E-state index contributed by atoms with van der Waals surface area (Å²) in [6.45, 7) is 0.0644. The Morgan fingerprint density at radius 1 is 1.29 bits per heavy atom. The smallest absolute Gasteiger partial charge is 0.267 e. The van der Waals surface area contributed by atoms with Crippen LogP contribution in [0.15, 0.2) is 48.5 Å². The molecule has 28 heavy (non-hydrogen) atoms. The Morgan fingerprint density at radius 3 is 2.75 bits per heavy atom. The number of aliphatic hydroxyl groups excluding tert-OH is 1. The van der Waals surface area contributed by atoms with Crippen LogP contribution in [0.2, 0.25) is 0 Å². The SMILES string of the molecule is COc1ccc(CC(CO)NC2CCc3cc(/C=C/C(=O)NO)ccc32)cc1. The predicted octanol–water partition coefficient (Wildman–Crippen LogP) is 2.39.